The molecule has 1 unspecified atom stereocenters. The van der Waals surface area contributed by atoms with Crippen LogP contribution in [0.2, 0.25) is 0 Å². The van der Waals surface area contributed by atoms with Crippen molar-refractivity contribution in [1.29, 1.82) is 5.26 Å². The van der Waals surface area contributed by atoms with Gasteiger partial charge < -0.3 is 10.1 Å². The molecule has 0 radical (unpaired) electrons. The number of rotatable bonds is 4. The molecular weight excluding hydrogens is 248 g/mol. The van der Waals surface area contributed by atoms with Gasteiger partial charge in [-0.25, -0.2) is 4.98 Å². The van der Waals surface area contributed by atoms with Crippen molar-refractivity contribution in [3.05, 3.63) is 27.9 Å². The summed E-state index contributed by atoms with van der Waals surface area (Å²) < 4.78 is 5.55. The number of nitro groups is 1. The van der Waals surface area contributed by atoms with E-state index in [4.69, 9.17) is 10.00 Å². The molecule has 2 heterocycles. The highest BCUT2D eigenvalue weighted by Crippen LogP contribution is 2.19. The molecule has 1 N–H and O–H groups in total. The van der Waals surface area contributed by atoms with Crippen molar-refractivity contribution in [1.82, 2.24) is 4.98 Å². The van der Waals surface area contributed by atoms with Crippen molar-refractivity contribution in [2.45, 2.75) is 25.4 Å². The summed E-state index contributed by atoms with van der Waals surface area (Å²) in [6.07, 6.45) is 4.44. The van der Waals surface area contributed by atoms with Gasteiger partial charge in [0.2, 0.25) is 0 Å². The van der Waals surface area contributed by atoms with Crippen LogP contribution in [0.4, 0.5) is 11.5 Å². The lowest BCUT2D eigenvalue weighted by Crippen LogP contribution is -2.27. The van der Waals surface area contributed by atoms with Crippen LogP contribution in [0.5, 0.6) is 0 Å². The minimum absolute atomic E-state index is 0.109. The fraction of sp³-hybridized carbons (Fsp3) is 0.500. The zero-order valence-corrected chi connectivity index (χ0v) is 10.3. The summed E-state index contributed by atoms with van der Waals surface area (Å²) in [6, 6.07) is 3.13. The maximum atomic E-state index is 10.6. The lowest BCUT2D eigenvalue weighted by molar-refractivity contribution is -0.385. The van der Waals surface area contributed by atoms with Gasteiger partial charge in [0.15, 0.2) is 0 Å². The molecule has 7 nitrogen and oxygen atoms in total. The highest BCUT2D eigenvalue weighted by Gasteiger charge is 2.16. The van der Waals surface area contributed by atoms with Gasteiger partial charge in [0.05, 0.1) is 11.0 Å². The number of nitrogens with one attached hydrogen (secondary N) is 1. The summed E-state index contributed by atoms with van der Waals surface area (Å²) >= 11 is 0. The molecule has 1 aliphatic rings. The van der Waals surface area contributed by atoms with Crippen LogP contribution in [0.1, 0.15) is 24.8 Å². The fourth-order valence-electron chi connectivity index (χ4n) is 1.96. The first-order valence-electron chi connectivity index (χ1n) is 6.10. The Morgan fingerprint density at radius 1 is 1.63 bits per heavy atom. The molecule has 0 bridgehead atoms. The first kappa shape index (κ1) is 13.2. The molecule has 7 heteroatoms. The van der Waals surface area contributed by atoms with E-state index in [2.05, 4.69) is 10.3 Å². The highest BCUT2D eigenvalue weighted by molar-refractivity contribution is 5.55. The van der Waals surface area contributed by atoms with Crippen molar-refractivity contribution >= 4 is 11.5 Å². The SMILES string of the molecule is N#Cc1cc([N+](=O)[O-])cnc1NCC1CCCCO1. The van der Waals surface area contributed by atoms with Crippen molar-refractivity contribution < 1.29 is 9.66 Å². The van der Waals surface area contributed by atoms with Gasteiger partial charge in [0.25, 0.3) is 5.69 Å². The van der Waals surface area contributed by atoms with Crippen molar-refractivity contribution in [2.75, 3.05) is 18.5 Å². The summed E-state index contributed by atoms with van der Waals surface area (Å²) in [7, 11) is 0. The van der Waals surface area contributed by atoms with Crippen molar-refractivity contribution in [3.63, 3.8) is 0 Å². The Morgan fingerprint density at radius 2 is 2.47 bits per heavy atom. The van der Waals surface area contributed by atoms with Gasteiger partial charge in [-0.3, -0.25) is 10.1 Å². The molecule has 0 spiro atoms. The highest BCUT2D eigenvalue weighted by atomic mass is 16.6. The standard InChI is InChI=1S/C12H14N4O3/c13-6-9-5-10(16(17)18)7-14-12(9)15-8-11-3-1-2-4-19-11/h5,7,11H,1-4,8H2,(H,14,15). The van der Waals surface area contributed by atoms with Gasteiger partial charge in [-0.2, -0.15) is 5.26 Å². The van der Waals surface area contributed by atoms with Crippen LogP contribution in [0.3, 0.4) is 0 Å². The van der Waals surface area contributed by atoms with Crippen LogP contribution in [-0.4, -0.2) is 29.2 Å². The Morgan fingerprint density at radius 3 is 3.11 bits per heavy atom. The number of anilines is 1. The van der Waals surface area contributed by atoms with Crippen LogP contribution in [0.15, 0.2) is 12.3 Å². The number of pyridine rings is 1. The van der Waals surface area contributed by atoms with E-state index in [1.165, 1.54) is 6.07 Å². The average Bonchev–Trinajstić information content (AvgIpc) is 2.45. The second kappa shape index (κ2) is 6.11. The van der Waals surface area contributed by atoms with Gasteiger partial charge in [-0.15, -0.1) is 0 Å². The normalized spacial score (nSPS) is 18.6. The topological polar surface area (TPSA) is 101 Å². The molecule has 0 aromatic carbocycles. The van der Waals surface area contributed by atoms with E-state index in [-0.39, 0.29) is 17.4 Å². The van der Waals surface area contributed by atoms with E-state index in [0.29, 0.717) is 12.4 Å². The van der Waals surface area contributed by atoms with Crippen LogP contribution in [-0.2, 0) is 4.74 Å². The van der Waals surface area contributed by atoms with Gasteiger partial charge >= 0.3 is 0 Å². The van der Waals surface area contributed by atoms with Crippen molar-refractivity contribution in [3.8, 4) is 6.07 Å². The Labute approximate surface area is 110 Å². The molecule has 1 atom stereocenters. The second-order valence-corrected chi connectivity index (χ2v) is 4.33. The number of hydrogen-bond donors (Lipinski definition) is 1. The molecule has 1 aliphatic heterocycles. The smallest absolute Gasteiger partial charge is 0.289 e. The molecule has 0 aliphatic carbocycles. The zero-order chi connectivity index (χ0) is 13.7. The first-order valence-corrected chi connectivity index (χ1v) is 6.10. The summed E-state index contributed by atoms with van der Waals surface area (Å²) in [5.41, 5.74) is -0.0129. The largest absolute Gasteiger partial charge is 0.376 e. The number of nitrogens with zero attached hydrogens (tertiary/aromatic N) is 3. The average molecular weight is 262 g/mol. The third-order valence-electron chi connectivity index (χ3n) is 2.98. The number of ether oxygens (including phenoxy) is 1. The molecular formula is C12H14N4O3. The fourth-order valence-corrected chi connectivity index (χ4v) is 1.96. The van der Waals surface area contributed by atoms with E-state index >= 15 is 0 Å². The van der Waals surface area contributed by atoms with E-state index < -0.39 is 4.92 Å². The third-order valence-corrected chi connectivity index (χ3v) is 2.98. The number of hydrogen-bond acceptors (Lipinski definition) is 6. The minimum Gasteiger partial charge on any atom is -0.376 e. The second-order valence-electron chi connectivity index (χ2n) is 4.33. The quantitative estimate of drug-likeness (QED) is 0.656. The van der Waals surface area contributed by atoms with Gasteiger partial charge in [0, 0.05) is 19.2 Å². The van der Waals surface area contributed by atoms with Gasteiger partial charge in [0.1, 0.15) is 23.6 Å². The lowest BCUT2D eigenvalue weighted by atomic mass is 10.1. The Balaban J connectivity index is 2.03. The molecule has 1 fully saturated rings. The van der Waals surface area contributed by atoms with Crippen molar-refractivity contribution in [2.24, 2.45) is 0 Å². The van der Waals surface area contributed by atoms with Gasteiger partial charge in [-0.05, 0) is 19.3 Å². The Bertz CT molecular complexity index is 506. The molecule has 1 aromatic heterocycles. The molecule has 19 heavy (non-hydrogen) atoms. The molecule has 1 saturated heterocycles. The summed E-state index contributed by atoms with van der Waals surface area (Å²) in [6.45, 7) is 1.31. The van der Waals surface area contributed by atoms with Gasteiger partial charge in [-0.1, -0.05) is 0 Å². The van der Waals surface area contributed by atoms with Crippen LogP contribution < -0.4 is 5.32 Å². The molecule has 100 valence electrons. The molecule has 1 aromatic rings. The number of nitriles is 1. The van der Waals surface area contributed by atoms with Crippen LogP contribution in [0.25, 0.3) is 0 Å². The van der Waals surface area contributed by atoms with E-state index in [0.717, 1.165) is 32.1 Å². The minimum atomic E-state index is -0.568. The number of aromatic nitrogens is 1. The van der Waals surface area contributed by atoms with E-state index in [1.807, 2.05) is 6.07 Å². The van der Waals surface area contributed by atoms with Crippen LogP contribution >= 0.6 is 0 Å². The summed E-state index contributed by atoms with van der Waals surface area (Å²) in [4.78, 5) is 14.0. The predicted octanol–water partition coefficient (Wildman–Crippen LogP) is 1.84. The molecule has 2 rings (SSSR count). The lowest BCUT2D eigenvalue weighted by Gasteiger charge is -2.23. The van der Waals surface area contributed by atoms with E-state index in [9.17, 15) is 10.1 Å². The monoisotopic (exact) mass is 262 g/mol. The third kappa shape index (κ3) is 3.39. The molecule has 0 saturated carbocycles. The predicted molar refractivity (Wildman–Crippen MR) is 67.7 cm³/mol. The maximum Gasteiger partial charge on any atom is 0.289 e. The first-order chi connectivity index (χ1) is 9.20. The Hall–Kier alpha value is -2.20. The summed E-state index contributed by atoms with van der Waals surface area (Å²) in [5, 5.41) is 22.6. The summed E-state index contributed by atoms with van der Waals surface area (Å²) in [5.74, 6) is 0.363. The van der Waals surface area contributed by atoms with E-state index in [1.54, 1.807) is 0 Å². The Kier molecular flexibility index (Phi) is 4.26. The zero-order valence-electron chi connectivity index (χ0n) is 10.3. The molecule has 0 amide bonds. The maximum absolute atomic E-state index is 10.6. The van der Waals surface area contributed by atoms with Crippen LogP contribution in [0, 0.1) is 21.4 Å².